The van der Waals surface area contributed by atoms with Gasteiger partial charge in [0.2, 0.25) is 0 Å². The van der Waals surface area contributed by atoms with Crippen molar-refractivity contribution in [2.24, 2.45) is 0 Å². The first-order valence-corrected chi connectivity index (χ1v) is 7.35. The van der Waals surface area contributed by atoms with Crippen LogP contribution in [0.25, 0.3) is 0 Å². The van der Waals surface area contributed by atoms with Crippen LogP contribution in [0.2, 0.25) is 5.02 Å². The highest BCUT2D eigenvalue weighted by Gasteiger charge is 2.21. The second kappa shape index (κ2) is 6.81. The molecule has 6 heteroatoms. The van der Waals surface area contributed by atoms with E-state index < -0.39 is 23.5 Å². The first-order valence-electron chi connectivity index (χ1n) is 6.18. The Labute approximate surface area is 134 Å². The third-order valence-electron chi connectivity index (χ3n) is 3.18. The third-order valence-corrected chi connectivity index (χ3v) is 3.99. The van der Waals surface area contributed by atoms with E-state index >= 15 is 0 Å². The Hall–Kier alpha value is -1.04. The Bertz CT molecular complexity index is 640. The van der Waals surface area contributed by atoms with Crippen LogP contribution in [0.5, 0.6) is 0 Å². The fourth-order valence-corrected chi connectivity index (χ4v) is 2.79. The van der Waals surface area contributed by atoms with E-state index in [1.807, 2.05) is 0 Å². The van der Waals surface area contributed by atoms with E-state index in [1.54, 1.807) is 7.05 Å². The van der Waals surface area contributed by atoms with Crippen molar-refractivity contribution in [1.29, 1.82) is 0 Å². The number of hydrogen-bond donors (Lipinski definition) is 1. The maximum absolute atomic E-state index is 14.0. The highest BCUT2D eigenvalue weighted by Crippen LogP contribution is 2.29. The highest BCUT2D eigenvalue weighted by atomic mass is 79.9. The van der Waals surface area contributed by atoms with Crippen LogP contribution in [0.15, 0.2) is 34.8 Å². The molecule has 2 aromatic carbocycles. The zero-order valence-electron chi connectivity index (χ0n) is 11.1. The summed E-state index contributed by atoms with van der Waals surface area (Å²) in [5.41, 5.74) is 0.542. The molecule has 1 nitrogen and oxygen atoms in total. The monoisotopic (exact) mass is 377 g/mol. The van der Waals surface area contributed by atoms with Crippen LogP contribution in [0.4, 0.5) is 13.2 Å². The van der Waals surface area contributed by atoms with Gasteiger partial charge in [0.05, 0.1) is 0 Å². The molecular weight excluding hydrogens is 367 g/mol. The number of rotatable bonds is 4. The van der Waals surface area contributed by atoms with Crippen LogP contribution in [-0.2, 0) is 6.42 Å². The largest absolute Gasteiger partial charge is 0.313 e. The Morgan fingerprint density at radius 3 is 2.29 bits per heavy atom. The van der Waals surface area contributed by atoms with Gasteiger partial charge in [0, 0.05) is 21.1 Å². The van der Waals surface area contributed by atoms with E-state index in [0.29, 0.717) is 10.0 Å². The number of nitrogens with one attached hydrogen (secondary N) is 1. The normalized spacial score (nSPS) is 12.5. The lowest BCUT2D eigenvalue weighted by Crippen LogP contribution is -2.21. The summed E-state index contributed by atoms with van der Waals surface area (Å²) in [7, 11) is 1.60. The summed E-state index contributed by atoms with van der Waals surface area (Å²) in [6.07, 6.45) is 0.241. The molecule has 0 radical (unpaired) electrons. The van der Waals surface area contributed by atoms with Crippen LogP contribution in [0.3, 0.4) is 0 Å². The molecule has 0 bridgehead atoms. The van der Waals surface area contributed by atoms with E-state index in [2.05, 4.69) is 21.2 Å². The molecule has 0 aromatic heterocycles. The maximum Gasteiger partial charge on any atom is 0.132 e. The lowest BCUT2D eigenvalue weighted by molar-refractivity contribution is 0.488. The minimum atomic E-state index is -0.653. The molecule has 1 N–H and O–H groups in total. The summed E-state index contributed by atoms with van der Waals surface area (Å²) in [4.78, 5) is 0. The number of likely N-dealkylation sites (N-methyl/N-ethyl adjacent to an activating group) is 1. The van der Waals surface area contributed by atoms with Crippen LogP contribution in [-0.4, -0.2) is 7.05 Å². The van der Waals surface area contributed by atoms with Gasteiger partial charge in [-0.2, -0.15) is 0 Å². The first-order chi connectivity index (χ1) is 9.92. The summed E-state index contributed by atoms with van der Waals surface area (Å²) < 4.78 is 41.4. The fourth-order valence-electron chi connectivity index (χ4n) is 2.14. The molecule has 2 aromatic rings. The molecule has 0 saturated heterocycles. The van der Waals surface area contributed by atoms with Crippen LogP contribution >= 0.6 is 27.5 Å². The van der Waals surface area contributed by atoms with Crippen LogP contribution in [0, 0.1) is 17.5 Å². The van der Waals surface area contributed by atoms with Gasteiger partial charge in [-0.05, 0) is 43.3 Å². The Morgan fingerprint density at radius 2 is 1.76 bits per heavy atom. The van der Waals surface area contributed by atoms with Gasteiger partial charge in [-0.3, -0.25) is 0 Å². The van der Waals surface area contributed by atoms with E-state index in [4.69, 9.17) is 11.6 Å². The zero-order chi connectivity index (χ0) is 15.6. The van der Waals surface area contributed by atoms with Crippen molar-refractivity contribution in [2.45, 2.75) is 12.5 Å². The summed E-state index contributed by atoms with van der Waals surface area (Å²) in [6, 6.07) is 5.75. The Morgan fingerprint density at radius 1 is 1.14 bits per heavy atom. The molecule has 21 heavy (non-hydrogen) atoms. The molecule has 2 rings (SSSR count). The van der Waals surface area contributed by atoms with Crippen molar-refractivity contribution in [2.75, 3.05) is 7.05 Å². The molecule has 1 atom stereocenters. The second-order valence-electron chi connectivity index (χ2n) is 4.56. The number of halogens is 5. The zero-order valence-corrected chi connectivity index (χ0v) is 13.4. The van der Waals surface area contributed by atoms with E-state index in [1.165, 1.54) is 30.3 Å². The number of hydrogen-bond acceptors (Lipinski definition) is 1. The summed E-state index contributed by atoms with van der Waals surface area (Å²) >= 11 is 9.00. The van der Waals surface area contributed by atoms with Gasteiger partial charge >= 0.3 is 0 Å². The van der Waals surface area contributed by atoms with Crippen molar-refractivity contribution in [3.05, 3.63) is 68.4 Å². The van der Waals surface area contributed by atoms with Gasteiger partial charge < -0.3 is 5.32 Å². The number of benzene rings is 2. The average molecular weight is 379 g/mol. The molecule has 0 fully saturated rings. The molecule has 1 unspecified atom stereocenters. The quantitative estimate of drug-likeness (QED) is 0.787. The molecule has 0 aliphatic heterocycles. The lowest BCUT2D eigenvalue weighted by atomic mass is 9.98. The van der Waals surface area contributed by atoms with Crippen molar-refractivity contribution >= 4 is 27.5 Å². The highest BCUT2D eigenvalue weighted by molar-refractivity contribution is 9.10. The standard InChI is InChI=1S/C15H12BrClF3N/c1-21-14(4-8-2-3-10(18)7-11(8)17)15-12(19)5-9(16)6-13(15)20/h2-3,5-7,14,21H,4H2,1H3. The third kappa shape index (κ3) is 3.78. The van der Waals surface area contributed by atoms with Crippen molar-refractivity contribution in [1.82, 2.24) is 5.32 Å². The van der Waals surface area contributed by atoms with E-state index in [-0.39, 0.29) is 17.0 Å². The van der Waals surface area contributed by atoms with Crippen molar-refractivity contribution in [3.63, 3.8) is 0 Å². The summed E-state index contributed by atoms with van der Waals surface area (Å²) in [5, 5.41) is 3.09. The van der Waals surface area contributed by atoms with Crippen LogP contribution in [0.1, 0.15) is 17.2 Å². The average Bonchev–Trinajstić information content (AvgIpc) is 2.39. The Kier molecular flexibility index (Phi) is 5.30. The molecular formula is C15H12BrClF3N. The molecule has 0 heterocycles. The van der Waals surface area contributed by atoms with Gasteiger partial charge in [0.25, 0.3) is 0 Å². The maximum atomic E-state index is 14.0. The SMILES string of the molecule is CNC(Cc1ccc(F)cc1Cl)c1c(F)cc(Br)cc1F. The Balaban J connectivity index is 2.37. The fraction of sp³-hybridized carbons (Fsp3) is 0.200. The van der Waals surface area contributed by atoms with Gasteiger partial charge in [-0.1, -0.05) is 33.6 Å². The van der Waals surface area contributed by atoms with Crippen molar-refractivity contribution in [3.8, 4) is 0 Å². The second-order valence-corrected chi connectivity index (χ2v) is 5.89. The molecule has 112 valence electrons. The van der Waals surface area contributed by atoms with Gasteiger partial charge in [0.1, 0.15) is 17.5 Å². The molecule has 0 aliphatic carbocycles. The minimum Gasteiger partial charge on any atom is -0.313 e. The van der Waals surface area contributed by atoms with Crippen molar-refractivity contribution < 1.29 is 13.2 Å². The predicted molar refractivity (Wildman–Crippen MR) is 81.0 cm³/mol. The summed E-state index contributed by atoms with van der Waals surface area (Å²) in [5.74, 6) is -1.76. The van der Waals surface area contributed by atoms with E-state index in [0.717, 1.165) is 0 Å². The lowest BCUT2D eigenvalue weighted by Gasteiger charge is -2.19. The predicted octanol–water partition coefficient (Wildman–Crippen LogP) is 5.02. The first kappa shape index (κ1) is 16.3. The molecule has 0 saturated carbocycles. The molecule has 0 amide bonds. The van der Waals surface area contributed by atoms with Crippen LogP contribution < -0.4 is 5.32 Å². The van der Waals surface area contributed by atoms with Gasteiger partial charge in [-0.25, -0.2) is 13.2 Å². The van der Waals surface area contributed by atoms with Gasteiger partial charge in [0.15, 0.2) is 0 Å². The topological polar surface area (TPSA) is 12.0 Å². The molecule has 0 aliphatic rings. The summed E-state index contributed by atoms with van der Waals surface area (Å²) in [6.45, 7) is 0. The smallest absolute Gasteiger partial charge is 0.132 e. The molecule has 0 spiro atoms. The van der Waals surface area contributed by atoms with Gasteiger partial charge in [-0.15, -0.1) is 0 Å². The minimum absolute atomic E-state index is 0.0684. The van der Waals surface area contributed by atoms with E-state index in [9.17, 15) is 13.2 Å².